The van der Waals surface area contributed by atoms with Gasteiger partial charge in [-0.2, -0.15) is 0 Å². The normalized spacial score (nSPS) is 16.3. The molecular weight excluding hydrogens is 474 g/mol. The SMILES string of the molecule is CCCOC(O)COC(CO[P+](=O)CCCCC[P+](=O)OCC(C)OCC(C)O)OCCC. The fraction of sp³-hybridized carbons (Fsp3) is 1.00. The number of hydrogen-bond acceptors (Lipinski definition) is 10. The molecule has 33 heavy (non-hydrogen) atoms. The summed E-state index contributed by atoms with van der Waals surface area (Å²) in [5, 5.41) is 18.9. The summed E-state index contributed by atoms with van der Waals surface area (Å²) in [4.78, 5) is 0. The topological polar surface area (TPSA) is 130 Å². The van der Waals surface area contributed by atoms with E-state index in [1.165, 1.54) is 0 Å². The molecule has 0 fully saturated rings. The van der Waals surface area contributed by atoms with E-state index in [1.807, 2.05) is 13.8 Å². The molecule has 0 aromatic carbocycles. The lowest BCUT2D eigenvalue weighted by atomic mass is 10.3. The lowest BCUT2D eigenvalue weighted by Crippen LogP contribution is -2.29. The fourth-order valence-corrected chi connectivity index (χ4v) is 4.24. The van der Waals surface area contributed by atoms with Crippen molar-refractivity contribution >= 4 is 16.1 Å². The monoisotopic (exact) mass is 518 g/mol. The first-order valence-corrected chi connectivity index (χ1v) is 14.5. The minimum Gasteiger partial charge on any atom is -0.391 e. The number of aliphatic hydroxyl groups excluding tert-OH is 2. The van der Waals surface area contributed by atoms with Gasteiger partial charge in [0.25, 0.3) is 0 Å². The van der Waals surface area contributed by atoms with Crippen molar-refractivity contribution in [3.8, 4) is 0 Å². The highest BCUT2D eigenvalue weighted by Gasteiger charge is 2.23. The molecule has 2 N–H and O–H groups in total. The lowest BCUT2D eigenvalue weighted by Gasteiger charge is -2.18. The average molecular weight is 519 g/mol. The van der Waals surface area contributed by atoms with Crippen molar-refractivity contribution in [3.05, 3.63) is 0 Å². The van der Waals surface area contributed by atoms with Crippen molar-refractivity contribution in [2.75, 3.05) is 52.0 Å². The summed E-state index contributed by atoms with van der Waals surface area (Å²) in [5.74, 6) is 0. The van der Waals surface area contributed by atoms with Crippen LogP contribution in [0.5, 0.6) is 0 Å². The molecule has 0 aliphatic carbocycles. The number of rotatable bonds is 24. The van der Waals surface area contributed by atoms with Crippen LogP contribution >= 0.6 is 16.1 Å². The van der Waals surface area contributed by atoms with Crippen molar-refractivity contribution in [1.29, 1.82) is 0 Å². The van der Waals surface area contributed by atoms with Gasteiger partial charge in [-0.1, -0.05) is 13.8 Å². The Kier molecular flexibility index (Phi) is 22.3. The minimum atomic E-state index is -1.87. The van der Waals surface area contributed by atoms with E-state index in [1.54, 1.807) is 13.8 Å². The Bertz CT molecular complexity index is 496. The summed E-state index contributed by atoms with van der Waals surface area (Å²) in [6, 6.07) is 0. The maximum Gasteiger partial charge on any atom is 0.508 e. The Balaban J connectivity index is 3.91. The zero-order chi connectivity index (χ0) is 24.9. The summed E-state index contributed by atoms with van der Waals surface area (Å²) in [7, 11) is -3.63. The van der Waals surface area contributed by atoms with Crippen LogP contribution in [0.4, 0.5) is 0 Å². The van der Waals surface area contributed by atoms with Crippen LogP contribution in [-0.2, 0) is 37.1 Å². The second-order valence-corrected chi connectivity index (χ2v) is 10.5. The van der Waals surface area contributed by atoms with Crippen LogP contribution in [0.3, 0.4) is 0 Å². The van der Waals surface area contributed by atoms with Gasteiger partial charge in [0.15, 0.2) is 31.5 Å². The van der Waals surface area contributed by atoms with E-state index in [2.05, 4.69) is 0 Å². The van der Waals surface area contributed by atoms with E-state index in [0.29, 0.717) is 38.4 Å². The smallest absolute Gasteiger partial charge is 0.391 e. The molecule has 12 heteroatoms. The largest absolute Gasteiger partial charge is 0.508 e. The molecule has 0 heterocycles. The first kappa shape index (κ1) is 32.9. The molecule has 6 unspecified atom stereocenters. The van der Waals surface area contributed by atoms with Gasteiger partial charge in [-0.3, -0.25) is 0 Å². The molecule has 0 bridgehead atoms. The lowest BCUT2D eigenvalue weighted by molar-refractivity contribution is -0.209. The van der Waals surface area contributed by atoms with E-state index < -0.39 is 34.7 Å². The number of aliphatic hydroxyl groups is 2. The van der Waals surface area contributed by atoms with E-state index in [9.17, 15) is 14.2 Å². The highest BCUT2D eigenvalue weighted by Crippen LogP contribution is 2.27. The molecule has 0 spiro atoms. The Morgan fingerprint density at radius 3 is 1.85 bits per heavy atom. The summed E-state index contributed by atoms with van der Waals surface area (Å²) < 4.78 is 56.1. The van der Waals surface area contributed by atoms with Crippen LogP contribution in [0.1, 0.15) is 59.8 Å². The van der Waals surface area contributed by atoms with Gasteiger partial charge in [0.2, 0.25) is 0 Å². The standard InChI is InChI=1S/C21H44O10P2/c1-5-10-26-20(23)16-29-21(27-11-6-2)17-31-33(25)13-9-7-8-12-32(24)30-15-19(4)28-14-18(3)22/h18-23H,5-17H2,1-4H3/q+2. The molecular formula is C21H44O10P2+2. The quantitative estimate of drug-likeness (QED) is 0.110. The second-order valence-electron chi connectivity index (χ2n) is 7.72. The van der Waals surface area contributed by atoms with Crippen molar-refractivity contribution in [3.63, 3.8) is 0 Å². The minimum absolute atomic E-state index is 0.00468. The van der Waals surface area contributed by atoms with E-state index in [-0.39, 0.29) is 32.5 Å². The molecule has 0 aliphatic heterocycles. The van der Waals surface area contributed by atoms with Gasteiger partial charge >= 0.3 is 16.1 Å². The Labute approximate surface area is 200 Å². The molecule has 0 radical (unpaired) electrons. The Hall–Kier alpha value is -0.120. The molecule has 0 amide bonds. The molecule has 0 aromatic heterocycles. The maximum absolute atomic E-state index is 12.1. The molecule has 6 atom stereocenters. The zero-order valence-electron chi connectivity index (χ0n) is 20.6. The van der Waals surface area contributed by atoms with Gasteiger partial charge < -0.3 is 29.2 Å². The molecule has 0 aromatic rings. The summed E-state index contributed by atoms with van der Waals surface area (Å²) >= 11 is 0. The first-order valence-electron chi connectivity index (χ1n) is 11.8. The zero-order valence-corrected chi connectivity index (χ0v) is 22.3. The van der Waals surface area contributed by atoms with Crippen molar-refractivity contribution in [1.82, 2.24) is 0 Å². The number of ether oxygens (including phenoxy) is 4. The third-order valence-electron chi connectivity index (χ3n) is 4.06. The second kappa shape index (κ2) is 22.4. The summed E-state index contributed by atoms with van der Waals surface area (Å²) in [6.45, 7) is 8.61. The van der Waals surface area contributed by atoms with Gasteiger partial charge in [0, 0.05) is 13.2 Å². The molecule has 196 valence electrons. The highest BCUT2D eigenvalue weighted by atomic mass is 31.1. The highest BCUT2D eigenvalue weighted by molar-refractivity contribution is 7.39. The van der Waals surface area contributed by atoms with Crippen LogP contribution in [0.25, 0.3) is 0 Å². The van der Waals surface area contributed by atoms with Crippen LogP contribution < -0.4 is 0 Å². The summed E-state index contributed by atoms with van der Waals surface area (Å²) in [6.07, 6.45) is 1.99. The third kappa shape index (κ3) is 22.1. The van der Waals surface area contributed by atoms with Gasteiger partial charge in [-0.15, -0.1) is 9.05 Å². The van der Waals surface area contributed by atoms with Crippen molar-refractivity contribution in [2.24, 2.45) is 0 Å². The van der Waals surface area contributed by atoms with Gasteiger partial charge in [0.1, 0.15) is 13.2 Å². The van der Waals surface area contributed by atoms with E-state index >= 15 is 0 Å². The Morgan fingerprint density at radius 2 is 1.27 bits per heavy atom. The molecule has 0 aliphatic rings. The molecule has 0 saturated carbocycles. The Morgan fingerprint density at radius 1 is 0.697 bits per heavy atom. The van der Waals surface area contributed by atoms with E-state index in [0.717, 1.165) is 19.3 Å². The predicted molar refractivity (Wildman–Crippen MR) is 126 cm³/mol. The van der Waals surface area contributed by atoms with Crippen LogP contribution in [0.2, 0.25) is 0 Å². The van der Waals surface area contributed by atoms with Crippen molar-refractivity contribution in [2.45, 2.75) is 84.6 Å². The first-order chi connectivity index (χ1) is 15.8. The van der Waals surface area contributed by atoms with Crippen LogP contribution in [0, 0.1) is 0 Å². The summed E-state index contributed by atoms with van der Waals surface area (Å²) in [5.41, 5.74) is 0. The van der Waals surface area contributed by atoms with Gasteiger partial charge in [-0.05, 0) is 55.1 Å². The molecule has 0 saturated heterocycles. The van der Waals surface area contributed by atoms with Gasteiger partial charge in [0.05, 0.1) is 18.8 Å². The predicted octanol–water partition coefficient (Wildman–Crippen LogP) is 3.97. The van der Waals surface area contributed by atoms with Crippen LogP contribution in [0.15, 0.2) is 0 Å². The number of hydrogen-bond donors (Lipinski definition) is 2. The number of unbranched alkanes of at least 4 members (excludes halogenated alkanes) is 2. The van der Waals surface area contributed by atoms with Crippen molar-refractivity contribution < 1.29 is 47.3 Å². The van der Waals surface area contributed by atoms with E-state index in [4.69, 9.17) is 33.1 Å². The third-order valence-corrected chi connectivity index (χ3v) is 6.29. The van der Waals surface area contributed by atoms with Gasteiger partial charge in [-0.25, -0.2) is 0 Å². The average Bonchev–Trinajstić information content (AvgIpc) is 2.79. The maximum atomic E-state index is 12.1. The fourth-order valence-electron chi connectivity index (χ4n) is 2.36. The van der Waals surface area contributed by atoms with Crippen LogP contribution in [-0.4, -0.2) is 87.0 Å². The molecule has 10 nitrogen and oxygen atoms in total. The molecule has 0 rings (SSSR count).